The van der Waals surface area contributed by atoms with Crippen LogP contribution in [-0.4, -0.2) is 22.8 Å². The number of fused-ring (bicyclic) bond motifs is 2. The summed E-state index contributed by atoms with van der Waals surface area (Å²) in [5.74, 6) is 0.732. The molecule has 0 aliphatic heterocycles. The normalized spacial score (nSPS) is 12.1. The number of halogens is 3. The van der Waals surface area contributed by atoms with Gasteiger partial charge in [-0.25, -0.2) is 4.98 Å². The zero-order valence-corrected chi connectivity index (χ0v) is 16.0. The zero-order valence-electron chi connectivity index (χ0n) is 16.0. The first-order valence-electron chi connectivity index (χ1n) is 9.58. The van der Waals surface area contributed by atoms with Crippen LogP contribution in [-0.2, 0) is 23.9 Å². The number of imidazole rings is 1. The first-order valence-corrected chi connectivity index (χ1v) is 9.58. The van der Waals surface area contributed by atoms with Crippen LogP contribution in [0.5, 0.6) is 0 Å². The Labute approximate surface area is 166 Å². The molecule has 0 atom stereocenters. The van der Waals surface area contributed by atoms with Gasteiger partial charge in [-0.05, 0) is 41.5 Å². The molecule has 0 saturated carbocycles. The van der Waals surface area contributed by atoms with E-state index in [1.54, 1.807) is 0 Å². The molecule has 6 heteroatoms. The highest BCUT2D eigenvalue weighted by Crippen LogP contribution is 2.32. The van der Waals surface area contributed by atoms with Gasteiger partial charge >= 0.3 is 6.18 Å². The quantitative estimate of drug-likeness (QED) is 0.382. The molecule has 150 valence electrons. The van der Waals surface area contributed by atoms with Crippen LogP contribution >= 0.6 is 0 Å². The summed E-state index contributed by atoms with van der Waals surface area (Å²) < 4.78 is 46.9. The summed E-state index contributed by atoms with van der Waals surface area (Å²) >= 11 is 0. The summed E-state index contributed by atoms with van der Waals surface area (Å²) in [6.07, 6.45) is -3.86. The van der Waals surface area contributed by atoms with Gasteiger partial charge in [-0.15, -0.1) is 0 Å². The van der Waals surface area contributed by atoms with Crippen LogP contribution < -0.4 is 0 Å². The summed E-state index contributed by atoms with van der Waals surface area (Å²) in [6, 6.07) is 17.9. The fourth-order valence-electron chi connectivity index (χ4n) is 3.66. The molecule has 0 spiro atoms. The lowest BCUT2D eigenvalue weighted by Gasteiger charge is -2.11. The van der Waals surface area contributed by atoms with E-state index in [1.807, 2.05) is 47.9 Å². The van der Waals surface area contributed by atoms with Gasteiger partial charge in [-0.1, -0.05) is 42.5 Å². The molecule has 4 rings (SSSR count). The van der Waals surface area contributed by atoms with Crippen molar-refractivity contribution < 1.29 is 17.9 Å². The molecule has 4 aromatic rings. The number of benzene rings is 3. The molecular formula is C23H21F3N2O. The Morgan fingerprint density at radius 2 is 1.79 bits per heavy atom. The standard InChI is InChI=1S/C23H21F3N2O/c1-2-29-13-12-28-21-11-10-18(23(24,25)26)15-20(21)27-22(28)14-17-8-5-7-16-6-3-4-9-19(16)17/h3-11,15H,2,12-14H2,1H3. The van der Waals surface area contributed by atoms with Crippen molar-refractivity contribution in [1.29, 1.82) is 0 Å². The molecule has 0 N–H and O–H groups in total. The van der Waals surface area contributed by atoms with Crippen LogP contribution in [0.25, 0.3) is 21.8 Å². The van der Waals surface area contributed by atoms with E-state index in [0.717, 1.165) is 34.3 Å². The lowest BCUT2D eigenvalue weighted by atomic mass is 10.0. The maximum Gasteiger partial charge on any atom is 0.416 e. The Balaban J connectivity index is 1.79. The number of hydrogen-bond donors (Lipinski definition) is 0. The number of ether oxygens (including phenoxy) is 1. The lowest BCUT2D eigenvalue weighted by Crippen LogP contribution is -2.10. The van der Waals surface area contributed by atoms with Gasteiger partial charge in [0.2, 0.25) is 0 Å². The highest BCUT2D eigenvalue weighted by atomic mass is 19.4. The van der Waals surface area contributed by atoms with Gasteiger partial charge in [0, 0.05) is 19.6 Å². The second-order valence-electron chi connectivity index (χ2n) is 6.89. The van der Waals surface area contributed by atoms with Crippen molar-refractivity contribution in [2.24, 2.45) is 0 Å². The maximum absolute atomic E-state index is 13.1. The Morgan fingerprint density at radius 1 is 1.00 bits per heavy atom. The molecule has 0 fully saturated rings. The van der Waals surface area contributed by atoms with E-state index >= 15 is 0 Å². The highest BCUT2D eigenvalue weighted by Gasteiger charge is 2.31. The van der Waals surface area contributed by atoms with Gasteiger partial charge in [0.15, 0.2) is 0 Å². The third-order valence-electron chi connectivity index (χ3n) is 5.05. The minimum atomic E-state index is -4.39. The molecule has 29 heavy (non-hydrogen) atoms. The smallest absolute Gasteiger partial charge is 0.380 e. The largest absolute Gasteiger partial charge is 0.416 e. The highest BCUT2D eigenvalue weighted by molar-refractivity contribution is 5.86. The molecule has 3 aromatic carbocycles. The number of aromatic nitrogens is 2. The average Bonchev–Trinajstić information content (AvgIpc) is 3.04. The van der Waals surface area contributed by atoms with Crippen molar-refractivity contribution in [2.45, 2.75) is 26.1 Å². The summed E-state index contributed by atoms with van der Waals surface area (Å²) in [5, 5.41) is 2.25. The molecule has 3 nitrogen and oxygen atoms in total. The second-order valence-corrected chi connectivity index (χ2v) is 6.89. The fourth-order valence-corrected chi connectivity index (χ4v) is 3.66. The van der Waals surface area contributed by atoms with Gasteiger partial charge in [-0.2, -0.15) is 13.2 Å². The van der Waals surface area contributed by atoms with E-state index in [1.165, 1.54) is 6.07 Å². The molecule has 0 aliphatic rings. The average molecular weight is 398 g/mol. The van der Waals surface area contributed by atoms with Crippen molar-refractivity contribution in [3.63, 3.8) is 0 Å². The minimum absolute atomic E-state index is 0.353. The Kier molecular flexibility index (Phi) is 5.28. The van der Waals surface area contributed by atoms with Crippen LogP contribution in [0.3, 0.4) is 0 Å². The van der Waals surface area contributed by atoms with Crippen molar-refractivity contribution in [3.05, 3.63) is 77.6 Å². The summed E-state index contributed by atoms with van der Waals surface area (Å²) in [4.78, 5) is 4.58. The van der Waals surface area contributed by atoms with E-state index in [2.05, 4.69) is 11.1 Å². The third-order valence-corrected chi connectivity index (χ3v) is 5.05. The lowest BCUT2D eigenvalue weighted by molar-refractivity contribution is -0.137. The molecular weight excluding hydrogens is 377 g/mol. The zero-order chi connectivity index (χ0) is 20.4. The molecule has 1 heterocycles. The molecule has 0 saturated heterocycles. The van der Waals surface area contributed by atoms with Crippen molar-refractivity contribution >= 4 is 21.8 Å². The topological polar surface area (TPSA) is 27.1 Å². The maximum atomic E-state index is 13.1. The number of hydrogen-bond acceptors (Lipinski definition) is 2. The van der Waals surface area contributed by atoms with Crippen LogP contribution in [0.15, 0.2) is 60.7 Å². The van der Waals surface area contributed by atoms with Crippen molar-refractivity contribution in [1.82, 2.24) is 9.55 Å². The molecule has 0 amide bonds. The van der Waals surface area contributed by atoms with Crippen molar-refractivity contribution in [2.75, 3.05) is 13.2 Å². The van der Waals surface area contributed by atoms with E-state index in [4.69, 9.17) is 4.74 Å². The second kappa shape index (κ2) is 7.87. The SMILES string of the molecule is CCOCCn1c(Cc2cccc3ccccc23)nc2cc(C(F)(F)F)ccc21. The summed E-state index contributed by atoms with van der Waals surface area (Å²) in [7, 11) is 0. The van der Waals surface area contributed by atoms with E-state index in [-0.39, 0.29) is 0 Å². The van der Waals surface area contributed by atoms with E-state index in [0.29, 0.717) is 37.2 Å². The number of alkyl halides is 3. The number of rotatable bonds is 6. The predicted octanol–water partition coefficient (Wildman–Crippen LogP) is 5.84. The van der Waals surface area contributed by atoms with Crippen molar-refractivity contribution in [3.8, 4) is 0 Å². The first-order chi connectivity index (χ1) is 14.0. The van der Waals surface area contributed by atoms with Gasteiger partial charge in [-0.3, -0.25) is 0 Å². The van der Waals surface area contributed by atoms with Gasteiger partial charge in [0.25, 0.3) is 0 Å². The Bertz CT molecular complexity index is 1140. The van der Waals surface area contributed by atoms with Crippen LogP contribution in [0.2, 0.25) is 0 Å². The summed E-state index contributed by atoms with van der Waals surface area (Å²) in [6.45, 7) is 3.52. The van der Waals surface area contributed by atoms with Crippen LogP contribution in [0.1, 0.15) is 23.9 Å². The first kappa shape index (κ1) is 19.5. The molecule has 0 unspecified atom stereocenters. The van der Waals surface area contributed by atoms with Gasteiger partial charge in [0.1, 0.15) is 5.82 Å². The molecule has 0 bridgehead atoms. The van der Waals surface area contributed by atoms with Crippen LogP contribution in [0, 0.1) is 0 Å². The third kappa shape index (κ3) is 3.98. The minimum Gasteiger partial charge on any atom is -0.380 e. The predicted molar refractivity (Wildman–Crippen MR) is 108 cm³/mol. The number of nitrogens with zero attached hydrogens (tertiary/aromatic N) is 2. The summed E-state index contributed by atoms with van der Waals surface area (Å²) in [5.41, 5.74) is 1.45. The molecule has 0 radical (unpaired) electrons. The van der Waals surface area contributed by atoms with Gasteiger partial charge in [0.05, 0.1) is 23.2 Å². The fraction of sp³-hybridized carbons (Fsp3) is 0.261. The Morgan fingerprint density at radius 3 is 2.59 bits per heavy atom. The van der Waals surface area contributed by atoms with Gasteiger partial charge < -0.3 is 9.30 Å². The Hall–Kier alpha value is -2.86. The van der Waals surface area contributed by atoms with Crippen LogP contribution in [0.4, 0.5) is 13.2 Å². The molecule has 1 aromatic heterocycles. The monoisotopic (exact) mass is 398 g/mol. The molecule has 0 aliphatic carbocycles. The van der Waals surface area contributed by atoms with E-state index < -0.39 is 11.7 Å². The van der Waals surface area contributed by atoms with E-state index in [9.17, 15) is 13.2 Å².